The largest absolute Gasteiger partial charge is 0.324 e. The Morgan fingerprint density at radius 2 is 1.27 bits per heavy atom. The highest BCUT2D eigenvalue weighted by Gasteiger charge is 2.37. The molecule has 4 aromatic carbocycles. The van der Waals surface area contributed by atoms with Crippen LogP contribution in [0.4, 0.5) is 5.69 Å². The van der Waals surface area contributed by atoms with Gasteiger partial charge >= 0.3 is 0 Å². The van der Waals surface area contributed by atoms with Crippen molar-refractivity contribution in [2.24, 2.45) is 0 Å². The first-order valence-electron chi connectivity index (χ1n) is 10.6. The molecule has 0 aliphatic rings. The monoisotopic (exact) mass is 452 g/mol. The van der Waals surface area contributed by atoms with E-state index >= 15 is 0 Å². The van der Waals surface area contributed by atoms with Crippen molar-refractivity contribution in [3.63, 3.8) is 0 Å². The summed E-state index contributed by atoms with van der Waals surface area (Å²) in [6.07, 6.45) is 0. The van der Waals surface area contributed by atoms with E-state index in [1.165, 1.54) is 0 Å². The lowest BCUT2D eigenvalue weighted by Crippen LogP contribution is -2.38. The molecule has 1 heterocycles. The Morgan fingerprint density at radius 3 is 1.82 bits per heavy atom. The third kappa shape index (κ3) is 3.88. The van der Waals surface area contributed by atoms with Crippen LogP contribution in [0.5, 0.6) is 0 Å². The third-order valence-corrected chi connectivity index (χ3v) is 6.17. The molecule has 5 aromatic rings. The second-order valence-electron chi connectivity index (χ2n) is 7.96. The number of hydrogen-bond acceptors (Lipinski definition) is 3. The molecular formula is C27H21ClN4O. The molecule has 0 bridgehead atoms. The van der Waals surface area contributed by atoms with Crippen molar-refractivity contribution < 1.29 is 4.79 Å². The van der Waals surface area contributed by atoms with Crippen LogP contribution in [0.25, 0.3) is 16.7 Å². The molecule has 0 atom stereocenters. The minimum atomic E-state index is -0.914. The van der Waals surface area contributed by atoms with Gasteiger partial charge in [0.2, 0.25) is 5.91 Å². The van der Waals surface area contributed by atoms with Crippen LogP contribution in [0.1, 0.15) is 18.1 Å². The average Bonchev–Trinajstić information content (AvgIpc) is 3.28. The van der Waals surface area contributed by atoms with Crippen molar-refractivity contribution in [1.82, 2.24) is 15.0 Å². The minimum Gasteiger partial charge on any atom is -0.324 e. The summed E-state index contributed by atoms with van der Waals surface area (Å²) >= 11 is 6.55. The summed E-state index contributed by atoms with van der Waals surface area (Å²) in [4.78, 5) is 15.3. The summed E-state index contributed by atoms with van der Waals surface area (Å²) in [5.74, 6) is -0.184. The van der Waals surface area contributed by atoms with Gasteiger partial charge < -0.3 is 5.32 Å². The molecule has 5 nitrogen and oxygen atoms in total. The number of anilines is 1. The van der Waals surface area contributed by atoms with E-state index in [1.54, 1.807) is 16.9 Å². The van der Waals surface area contributed by atoms with E-state index in [1.807, 2.05) is 97.9 Å². The number of nitrogens with one attached hydrogen (secondary N) is 1. The molecule has 162 valence electrons. The molecule has 33 heavy (non-hydrogen) atoms. The summed E-state index contributed by atoms with van der Waals surface area (Å²) in [5, 5.41) is 12.5. The van der Waals surface area contributed by atoms with Crippen LogP contribution >= 0.6 is 11.6 Å². The van der Waals surface area contributed by atoms with Gasteiger partial charge in [0.05, 0.1) is 21.8 Å². The van der Waals surface area contributed by atoms with E-state index in [-0.39, 0.29) is 5.91 Å². The Morgan fingerprint density at radius 1 is 0.788 bits per heavy atom. The summed E-state index contributed by atoms with van der Waals surface area (Å²) in [5.41, 5.74) is 3.49. The predicted octanol–water partition coefficient (Wildman–Crippen LogP) is 6.02. The number of fused-ring (bicyclic) bond motifs is 1. The van der Waals surface area contributed by atoms with E-state index in [9.17, 15) is 4.79 Å². The second-order valence-corrected chi connectivity index (χ2v) is 8.36. The van der Waals surface area contributed by atoms with Gasteiger partial charge in [-0.25, -0.2) is 0 Å². The molecule has 0 fully saturated rings. The average molecular weight is 453 g/mol. The van der Waals surface area contributed by atoms with Gasteiger partial charge in [0.1, 0.15) is 11.0 Å². The summed E-state index contributed by atoms with van der Waals surface area (Å²) in [6, 6.07) is 32.6. The van der Waals surface area contributed by atoms with Crippen molar-refractivity contribution >= 4 is 34.2 Å². The van der Waals surface area contributed by atoms with Crippen LogP contribution in [-0.2, 0) is 10.2 Å². The minimum absolute atomic E-state index is 0.184. The van der Waals surface area contributed by atoms with Crippen LogP contribution in [0, 0.1) is 0 Å². The normalized spacial score (nSPS) is 11.5. The zero-order valence-corrected chi connectivity index (χ0v) is 18.7. The molecule has 0 spiro atoms. The van der Waals surface area contributed by atoms with Crippen LogP contribution in [0.2, 0.25) is 5.02 Å². The number of para-hydroxylation sites is 1. The van der Waals surface area contributed by atoms with Gasteiger partial charge in [0.25, 0.3) is 0 Å². The maximum atomic E-state index is 13.7. The van der Waals surface area contributed by atoms with Crippen LogP contribution in [0.3, 0.4) is 0 Å². The van der Waals surface area contributed by atoms with Crippen LogP contribution < -0.4 is 5.32 Å². The maximum Gasteiger partial charge on any atom is 0.239 e. The molecule has 5 rings (SSSR count). The molecule has 1 aromatic heterocycles. The maximum absolute atomic E-state index is 13.7. The van der Waals surface area contributed by atoms with Gasteiger partial charge in [-0.05, 0) is 42.3 Å². The lowest BCUT2D eigenvalue weighted by atomic mass is 9.75. The van der Waals surface area contributed by atoms with E-state index in [2.05, 4.69) is 15.5 Å². The van der Waals surface area contributed by atoms with Gasteiger partial charge in [-0.3, -0.25) is 4.79 Å². The number of benzene rings is 4. The lowest BCUT2D eigenvalue weighted by Gasteiger charge is -2.30. The summed E-state index contributed by atoms with van der Waals surface area (Å²) in [7, 11) is 0. The molecular weight excluding hydrogens is 432 g/mol. The SMILES string of the molecule is CC(C(=O)Nc1cc2nn(-c3ccccc3)nc2cc1Cl)(c1ccccc1)c1ccccc1. The third-order valence-electron chi connectivity index (χ3n) is 5.86. The molecule has 0 unspecified atom stereocenters. The first-order chi connectivity index (χ1) is 16.1. The predicted molar refractivity (Wildman–Crippen MR) is 132 cm³/mol. The summed E-state index contributed by atoms with van der Waals surface area (Å²) < 4.78 is 0. The van der Waals surface area contributed by atoms with Gasteiger partial charge in [0, 0.05) is 0 Å². The molecule has 0 aliphatic carbocycles. The number of hydrogen-bond donors (Lipinski definition) is 1. The number of amides is 1. The number of rotatable bonds is 5. The Balaban J connectivity index is 1.53. The fraction of sp³-hybridized carbons (Fsp3) is 0.0741. The van der Waals surface area contributed by atoms with Crippen molar-refractivity contribution in [2.75, 3.05) is 5.32 Å². The Hall–Kier alpha value is -3.96. The van der Waals surface area contributed by atoms with Crippen molar-refractivity contribution in [1.29, 1.82) is 0 Å². The number of carbonyl (C=O) groups is 1. The topological polar surface area (TPSA) is 59.8 Å². The number of nitrogens with zero attached hydrogens (tertiary/aromatic N) is 3. The van der Waals surface area contributed by atoms with E-state index in [0.717, 1.165) is 16.8 Å². The molecule has 1 amide bonds. The fourth-order valence-electron chi connectivity index (χ4n) is 3.93. The molecule has 1 N–H and O–H groups in total. The van der Waals surface area contributed by atoms with Gasteiger partial charge in [0.15, 0.2) is 0 Å². The van der Waals surface area contributed by atoms with Crippen molar-refractivity contribution in [2.45, 2.75) is 12.3 Å². The van der Waals surface area contributed by atoms with Crippen LogP contribution in [0.15, 0.2) is 103 Å². The number of carbonyl (C=O) groups excluding carboxylic acids is 1. The summed E-state index contributed by atoms with van der Waals surface area (Å²) in [6.45, 7) is 1.92. The fourth-order valence-corrected chi connectivity index (χ4v) is 4.13. The van der Waals surface area contributed by atoms with Crippen molar-refractivity contribution in [3.8, 4) is 5.69 Å². The Labute approximate surface area is 196 Å². The highest BCUT2D eigenvalue weighted by molar-refractivity contribution is 6.34. The van der Waals surface area contributed by atoms with E-state index in [0.29, 0.717) is 21.7 Å². The molecule has 6 heteroatoms. The molecule has 0 saturated carbocycles. The zero-order valence-electron chi connectivity index (χ0n) is 17.9. The molecule has 0 radical (unpaired) electrons. The van der Waals surface area contributed by atoms with E-state index in [4.69, 9.17) is 11.6 Å². The first kappa shape index (κ1) is 20.9. The van der Waals surface area contributed by atoms with Gasteiger partial charge in [-0.1, -0.05) is 90.5 Å². The highest BCUT2D eigenvalue weighted by Crippen LogP contribution is 2.35. The zero-order chi connectivity index (χ0) is 22.8. The number of halogens is 1. The Kier molecular flexibility index (Phi) is 5.40. The van der Waals surface area contributed by atoms with Crippen molar-refractivity contribution in [3.05, 3.63) is 119 Å². The smallest absolute Gasteiger partial charge is 0.239 e. The molecule has 0 aliphatic heterocycles. The standard InChI is InChI=1S/C27H21ClN4O/c1-27(19-11-5-2-6-12-19,20-13-7-3-8-14-20)26(33)29-23-18-25-24(17-22(23)28)30-32(31-25)21-15-9-4-10-16-21/h2-18H,1H3,(H,29,33). The highest BCUT2D eigenvalue weighted by atomic mass is 35.5. The van der Waals surface area contributed by atoms with Gasteiger partial charge in [-0.15, -0.1) is 10.2 Å². The quantitative estimate of drug-likeness (QED) is 0.354. The first-order valence-corrected chi connectivity index (χ1v) is 11.0. The van der Waals surface area contributed by atoms with Gasteiger partial charge in [-0.2, -0.15) is 4.80 Å². The number of aromatic nitrogens is 3. The Bertz CT molecular complexity index is 1380. The van der Waals surface area contributed by atoms with Crippen LogP contribution in [-0.4, -0.2) is 20.9 Å². The second kappa shape index (κ2) is 8.52. The lowest BCUT2D eigenvalue weighted by molar-refractivity contribution is -0.119. The molecule has 0 saturated heterocycles. The van der Waals surface area contributed by atoms with E-state index < -0.39 is 5.41 Å².